The highest BCUT2D eigenvalue weighted by Crippen LogP contribution is 2.19. The Morgan fingerprint density at radius 3 is 2.33 bits per heavy atom. The molecule has 1 heterocycles. The summed E-state index contributed by atoms with van der Waals surface area (Å²) in [6, 6.07) is 8.05. The molecule has 2 rings (SSSR count). The molecule has 0 aromatic heterocycles. The second-order valence-corrected chi connectivity index (χ2v) is 7.64. The lowest BCUT2D eigenvalue weighted by Gasteiger charge is -2.23. The average molecular weight is 311 g/mol. The van der Waals surface area contributed by atoms with Crippen LogP contribution in [0, 0.1) is 0 Å². The molecule has 0 saturated carbocycles. The summed E-state index contributed by atoms with van der Waals surface area (Å²) in [6.45, 7) is 8.74. The van der Waals surface area contributed by atoms with Crippen LogP contribution in [0.2, 0.25) is 0 Å². The molecule has 0 bridgehead atoms. The monoisotopic (exact) mass is 311 g/mol. The summed E-state index contributed by atoms with van der Waals surface area (Å²) in [4.78, 5) is 2.62. The van der Waals surface area contributed by atoms with Gasteiger partial charge in [-0.05, 0) is 51.4 Å². The molecular formula is C15H25N3O2S. The van der Waals surface area contributed by atoms with Crippen molar-refractivity contribution in [3.8, 4) is 0 Å². The molecule has 3 N–H and O–H groups in total. The van der Waals surface area contributed by atoms with Crippen LogP contribution >= 0.6 is 0 Å². The predicted molar refractivity (Wildman–Crippen MR) is 84.5 cm³/mol. The van der Waals surface area contributed by atoms with Crippen molar-refractivity contribution in [1.29, 1.82) is 0 Å². The molecule has 0 spiro atoms. The van der Waals surface area contributed by atoms with Crippen molar-refractivity contribution in [2.45, 2.75) is 50.2 Å². The number of rotatable bonds is 5. The van der Waals surface area contributed by atoms with Crippen molar-refractivity contribution in [2.24, 2.45) is 5.14 Å². The van der Waals surface area contributed by atoms with E-state index in [1.807, 2.05) is 12.1 Å². The third kappa shape index (κ3) is 4.26. The Balaban J connectivity index is 1.96. The third-order valence-corrected chi connectivity index (χ3v) is 5.07. The van der Waals surface area contributed by atoms with Crippen LogP contribution in [0.25, 0.3) is 0 Å². The van der Waals surface area contributed by atoms with Crippen LogP contribution in [0.15, 0.2) is 29.2 Å². The standard InChI is InChI=1S/C15H25N3O2S/c1-11(2)18-9-8-14(10-18)17-12(3)13-4-6-15(7-5-13)21(16,19)20/h4-7,11-12,14,17H,8-10H2,1-3H3,(H2,16,19,20). The fraction of sp³-hybridized carbons (Fsp3) is 0.600. The summed E-state index contributed by atoms with van der Waals surface area (Å²) in [7, 11) is -3.61. The van der Waals surface area contributed by atoms with Gasteiger partial charge in [0.15, 0.2) is 0 Å². The smallest absolute Gasteiger partial charge is 0.238 e. The molecule has 0 radical (unpaired) electrons. The lowest BCUT2D eigenvalue weighted by Crippen LogP contribution is -2.36. The molecule has 1 aliphatic heterocycles. The van der Waals surface area contributed by atoms with Gasteiger partial charge in [0.05, 0.1) is 4.90 Å². The number of nitrogens with two attached hydrogens (primary N) is 1. The quantitative estimate of drug-likeness (QED) is 0.863. The van der Waals surface area contributed by atoms with Crippen molar-refractivity contribution in [3.63, 3.8) is 0 Å². The van der Waals surface area contributed by atoms with Crippen LogP contribution < -0.4 is 10.5 Å². The Hall–Kier alpha value is -0.950. The first-order valence-corrected chi connectivity index (χ1v) is 8.95. The zero-order chi connectivity index (χ0) is 15.6. The topological polar surface area (TPSA) is 75.4 Å². The van der Waals surface area contributed by atoms with Gasteiger partial charge in [-0.15, -0.1) is 0 Å². The highest BCUT2D eigenvalue weighted by Gasteiger charge is 2.25. The van der Waals surface area contributed by atoms with E-state index in [1.165, 1.54) is 0 Å². The van der Waals surface area contributed by atoms with Gasteiger partial charge in [-0.3, -0.25) is 4.90 Å². The number of nitrogens with zero attached hydrogens (tertiary/aromatic N) is 1. The van der Waals surface area contributed by atoms with E-state index in [9.17, 15) is 8.42 Å². The minimum Gasteiger partial charge on any atom is -0.306 e. The Morgan fingerprint density at radius 1 is 1.24 bits per heavy atom. The molecule has 2 unspecified atom stereocenters. The SMILES string of the molecule is CC(NC1CCN(C(C)C)C1)c1ccc(S(N)(=O)=O)cc1. The Kier molecular flexibility index (Phi) is 5.03. The number of benzene rings is 1. The van der Waals surface area contributed by atoms with Gasteiger partial charge < -0.3 is 5.32 Å². The third-order valence-electron chi connectivity index (χ3n) is 4.14. The number of hydrogen-bond acceptors (Lipinski definition) is 4. The molecule has 1 aliphatic rings. The number of likely N-dealkylation sites (tertiary alicyclic amines) is 1. The molecule has 0 amide bonds. The first-order chi connectivity index (χ1) is 9.77. The zero-order valence-electron chi connectivity index (χ0n) is 12.9. The summed E-state index contributed by atoms with van der Waals surface area (Å²) in [5, 5.41) is 8.73. The van der Waals surface area contributed by atoms with E-state index in [-0.39, 0.29) is 10.9 Å². The lowest BCUT2D eigenvalue weighted by atomic mass is 10.1. The van der Waals surface area contributed by atoms with E-state index in [1.54, 1.807) is 12.1 Å². The van der Waals surface area contributed by atoms with E-state index < -0.39 is 10.0 Å². The van der Waals surface area contributed by atoms with Crippen LogP contribution in [0.1, 0.15) is 38.8 Å². The number of nitrogens with one attached hydrogen (secondary N) is 1. The van der Waals surface area contributed by atoms with E-state index >= 15 is 0 Å². The molecule has 5 nitrogen and oxygen atoms in total. The Bertz CT molecular complexity index is 569. The van der Waals surface area contributed by atoms with Crippen LogP contribution in [0.4, 0.5) is 0 Å². The summed E-state index contributed by atoms with van der Waals surface area (Å²) < 4.78 is 22.5. The van der Waals surface area contributed by atoms with Crippen molar-refractivity contribution in [2.75, 3.05) is 13.1 Å². The predicted octanol–water partition coefficient (Wildman–Crippen LogP) is 1.47. The minimum atomic E-state index is -3.61. The fourth-order valence-electron chi connectivity index (χ4n) is 2.79. The number of primary sulfonamides is 1. The highest BCUT2D eigenvalue weighted by atomic mass is 32.2. The van der Waals surface area contributed by atoms with Crippen LogP contribution in [0.3, 0.4) is 0 Å². The van der Waals surface area contributed by atoms with Crippen molar-refractivity contribution >= 4 is 10.0 Å². The number of sulfonamides is 1. The van der Waals surface area contributed by atoms with Gasteiger partial charge in [0.2, 0.25) is 10.0 Å². The van der Waals surface area contributed by atoms with Crippen molar-refractivity contribution in [1.82, 2.24) is 10.2 Å². The lowest BCUT2D eigenvalue weighted by molar-refractivity contribution is 0.266. The van der Waals surface area contributed by atoms with Crippen molar-refractivity contribution < 1.29 is 8.42 Å². The van der Waals surface area contributed by atoms with Gasteiger partial charge in [0.25, 0.3) is 0 Å². The number of hydrogen-bond donors (Lipinski definition) is 2. The molecule has 21 heavy (non-hydrogen) atoms. The second-order valence-electron chi connectivity index (χ2n) is 6.08. The van der Waals surface area contributed by atoms with Gasteiger partial charge >= 0.3 is 0 Å². The summed E-state index contributed by atoms with van der Waals surface area (Å²) in [5.41, 5.74) is 1.07. The van der Waals surface area contributed by atoms with E-state index in [4.69, 9.17) is 5.14 Å². The zero-order valence-corrected chi connectivity index (χ0v) is 13.7. The first-order valence-electron chi connectivity index (χ1n) is 7.40. The van der Waals surface area contributed by atoms with Crippen LogP contribution in [-0.4, -0.2) is 38.5 Å². The summed E-state index contributed by atoms with van der Waals surface area (Å²) >= 11 is 0. The Labute approximate surface area is 127 Å². The highest BCUT2D eigenvalue weighted by molar-refractivity contribution is 7.89. The molecule has 0 aliphatic carbocycles. The molecule has 1 saturated heterocycles. The minimum absolute atomic E-state index is 0.158. The van der Waals surface area contributed by atoms with E-state index in [0.29, 0.717) is 12.1 Å². The van der Waals surface area contributed by atoms with Gasteiger partial charge in [-0.1, -0.05) is 12.1 Å². The van der Waals surface area contributed by atoms with Crippen LogP contribution in [0.5, 0.6) is 0 Å². The average Bonchev–Trinajstić information content (AvgIpc) is 2.86. The molecule has 6 heteroatoms. The maximum atomic E-state index is 11.2. The van der Waals surface area contributed by atoms with Crippen molar-refractivity contribution in [3.05, 3.63) is 29.8 Å². The fourth-order valence-corrected chi connectivity index (χ4v) is 3.30. The molecule has 1 aromatic rings. The second kappa shape index (κ2) is 6.44. The van der Waals surface area contributed by atoms with E-state index in [0.717, 1.165) is 25.1 Å². The first kappa shape index (κ1) is 16.4. The van der Waals surface area contributed by atoms with Gasteiger partial charge in [0, 0.05) is 24.7 Å². The summed E-state index contributed by atoms with van der Waals surface area (Å²) in [5.74, 6) is 0. The summed E-state index contributed by atoms with van der Waals surface area (Å²) in [6.07, 6.45) is 1.15. The molecule has 118 valence electrons. The van der Waals surface area contributed by atoms with Gasteiger partial charge in [0.1, 0.15) is 0 Å². The molecule has 1 fully saturated rings. The van der Waals surface area contributed by atoms with E-state index in [2.05, 4.69) is 31.0 Å². The normalized spacial score (nSPS) is 21.9. The molecular weight excluding hydrogens is 286 g/mol. The maximum absolute atomic E-state index is 11.2. The maximum Gasteiger partial charge on any atom is 0.238 e. The largest absolute Gasteiger partial charge is 0.306 e. The Morgan fingerprint density at radius 2 is 1.86 bits per heavy atom. The van der Waals surface area contributed by atoms with Gasteiger partial charge in [-0.2, -0.15) is 0 Å². The van der Waals surface area contributed by atoms with Gasteiger partial charge in [-0.25, -0.2) is 13.6 Å². The molecule has 1 aromatic carbocycles. The van der Waals surface area contributed by atoms with Crippen LogP contribution in [-0.2, 0) is 10.0 Å². The molecule has 2 atom stereocenters.